The molecule has 4 rings (SSSR count). The molecule has 3 aromatic rings. The third kappa shape index (κ3) is 3.20. The van der Waals surface area contributed by atoms with Crippen molar-refractivity contribution in [3.05, 3.63) is 69.6 Å². The Morgan fingerprint density at radius 3 is 2.52 bits per heavy atom. The minimum absolute atomic E-state index is 0.0185. The predicted molar refractivity (Wildman–Crippen MR) is 114 cm³/mol. The van der Waals surface area contributed by atoms with Crippen LogP contribution in [-0.4, -0.2) is 25.5 Å². The van der Waals surface area contributed by atoms with Gasteiger partial charge in [-0.25, -0.2) is 4.79 Å². The number of methoxy groups -OCH3 is 1. The zero-order chi connectivity index (χ0) is 20.9. The molecule has 1 aromatic heterocycles. The number of benzene rings is 2. The van der Waals surface area contributed by atoms with E-state index in [0.717, 1.165) is 17.5 Å². The Balaban J connectivity index is 1.82. The monoisotopic (exact) mass is 391 g/mol. The van der Waals surface area contributed by atoms with Gasteiger partial charge in [0.1, 0.15) is 16.9 Å². The van der Waals surface area contributed by atoms with E-state index < -0.39 is 5.63 Å². The lowest BCUT2D eigenvalue weighted by atomic mass is 9.80. The van der Waals surface area contributed by atoms with Crippen LogP contribution in [0.1, 0.15) is 54.6 Å². The van der Waals surface area contributed by atoms with Crippen LogP contribution in [0.15, 0.2) is 51.7 Å². The third-order valence-corrected chi connectivity index (χ3v) is 6.08. The number of ketones is 1. The second kappa shape index (κ2) is 6.76. The molecule has 5 nitrogen and oxygen atoms in total. The Morgan fingerprint density at radius 2 is 1.86 bits per heavy atom. The van der Waals surface area contributed by atoms with Gasteiger partial charge in [0, 0.05) is 35.3 Å². The molecule has 2 aromatic carbocycles. The number of hydrogen-bond acceptors (Lipinski definition) is 5. The molecular formula is C24H25NO4. The normalized spacial score (nSPS) is 17.8. The van der Waals surface area contributed by atoms with Crippen LogP contribution in [0.2, 0.25) is 0 Å². The molecule has 150 valence electrons. The molecule has 1 aliphatic heterocycles. The highest BCUT2D eigenvalue weighted by Crippen LogP contribution is 2.43. The summed E-state index contributed by atoms with van der Waals surface area (Å²) in [7, 11) is 3.63. The highest BCUT2D eigenvalue weighted by atomic mass is 16.5. The van der Waals surface area contributed by atoms with Crippen LogP contribution in [0.5, 0.6) is 5.75 Å². The van der Waals surface area contributed by atoms with E-state index in [1.54, 1.807) is 37.4 Å². The van der Waals surface area contributed by atoms with Crippen molar-refractivity contribution in [2.45, 2.75) is 38.6 Å². The lowest BCUT2D eigenvalue weighted by molar-refractivity contribution is 0.103. The van der Waals surface area contributed by atoms with Crippen molar-refractivity contribution >= 4 is 22.4 Å². The van der Waals surface area contributed by atoms with Gasteiger partial charge in [0.25, 0.3) is 0 Å². The van der Waals surface area contributed by atoms with Crippen molar-refractivity contribution < 1.29 is 13.9 Å². The molecule has 0 spiro atoms. The standard InChI is InChI=1S/C24H25NO4/c1-14-13-24(2,3)25(4)20-12-21-16(10-18(14)20)11-19(23(27)29-21)22(26)15-6-8-17(28-5)9-7-15/h6-12,14H,13H2,1-5H3/t14-/m0/s1. The van der Waals surface area contributed by atoms with Gasteiger partial charge in [-0.05, 0) is 68.1 Å². The Morgan fingerprint density at radius 1 is 1.17 bits per heavy atom. The molecule has 0 N–H and O–H groups in total. The van der Waals surface area contributed by atoms with Crippen molar-refractivity contribution in [2.75, 3.05) is 19.1 Å². The SMILES string of the molecule is COc1ccc(C(=O)c2cc3cc4c(cc3oc2=O)N(C)C(C)(C)C[C@@H]4C)cc1. The number of anilines is 1. The van der Waals surface area contributed by atoms with Crippen molar-refractivity contribution in [1.29, 1.82) is 0 Å². The first-order valence-electron chi connectivity index (χ1n) is 9.75. The summed E-state index contributed by atoms with van der Waals surface area (Å²) in [5.74, 6) is 0.667. The molecular weight excluding hydrogens is 366 g/mol. The Kier molecular flexibility index (Phi) is 4.49. The second-order valence-electron chi connectivity index (χ2n) is 8.43. The van der Waals surface area contributed by atoms with E-state index in [1.165, 1.54) is 5.56 Å². The van der Waals surface area contributed by atoms with Crippen LogP contribution in [0.4, 0.5) is 5.69 Å². The van der Waals surface area contributed by atoms with Crippen molar-refractivity contribution in [3.8, 4) is 5.75 Å². The highest BCUT2D eigenvalue weighted by molar-refractivity contribution is 6.10. The van der Waals surface area contributed by atoms with Crippen molar-refractivity contribution in [1.82, 2.24) is 0 Å². The first-order chi connectivity index (χ1) is 13.7. The number of carbonyl (C=O) groups is 1. The summed E-state index contributed by atoms with van der Waals surface area (Å²) in [6, 6.07) is 12.3. The Hall–Kier alpha value is -3.08. The number of fused-ring (bicyclic) bond motifs is 2. The Labute approximate surface area is 169 Å². The fourth-order valence-corrected chi connectivity index (χ4v) is 4.24. The number of carbonyl (C=O) groups excluding carboxylic acids is 1. The van der Waals surface area contributed by atoms with E-state index in [1.807, 2.05) is 6.07 Å². The Bertz CT molecular complexity index is 1160. The maximum absolute atomic E-state index is 12.9. The maximum Gasteiger partial charge on any atom is 0.347 e. The van der Waals surface area contributed by atoms with E-state index in [2.05, 4.69) is 38.8 Å². The molecule has 0 aliphatic carbocycles. The highest BCUT2D eigenvalue weighted by Gasteiger charge is 2.34. The lowest BCUT2D eigenvalue weighted by Crippen LogP contribution is -2.45. The summed E-state index contributed by atoms with van der Waals surface area (Å²) in [5, 5.41) is 0.764. The van der Waals surface area contributed by atoms with E-state index >= 15 is 0 Å². The summed E-state index contributed by atoms with van der Waals surface area (Å²) in [4.78, 5) is 27.7. The number of ether oxygens (including phenoxy) is 1. The average Bonchev–Trinajstić information content (AvgIpc) is 2.70. The van der Waals surface area contributed by atoms with Crippen molar-refractivity contribution in [2.24, 2.45) is 0 Å². The fourth-order valence-electron chi connectivity index (χ4n) is 4.24. The molecule has 0 bridgehead atoms. The number of nitrogens with zero attached hydrogens (tertiary/aromatic N) is 1. The summed E-state index contributed by atoms with van der Waals surface area (Å²) in [6.07, 6.45) is 1.02. The maximum atomic E-state index is 12.9. The molecule has 5 heteroatoms. The van der Waals surface area contributed by atoms with Crippen LogP contribution >= 0.6 is 0 Å². The molecule has 0 saturated heterocycles. The summed E-state index contributed by atoms with van der Waals surface area (Å²) in [6.45, 7) is 6.63. The van der Waals surface area contributed by atoms with E-state index in [9.17, 15) is 9.59 Å². The third-order valence-electron chi connectivity index (χ3n) is 6.08. The van der Waals surface area contributed by atoms with Gasteiger partial charge in [0.15, 0.2) is 5.78 Å². The first kappa shape index (κ1) is 19.2. The smallest absolute Gasteiger partial charge is 0.347 e. The van der Waals surface area contributed by atoms with Crippen LogP contribution in [-0.2, 0) is 0 Å². The number of hydrogen-bond donors (Lipinski definition) is 0. The average molecular weight is 391 g/mol. The topological polar surface area (TPSA) is 59.8 Å². The first-order valence-corrected chi connectivity index (χ1v) is 9.75. The van der Waals surface area contributed by atoms with Gasteiger partial charge < -0.3 is 14.1 Å². The molecule has 2 heterocycles. The molecule has 0 radical (unpaired) electrons. The van der Waals surface area contributed by atoms with Crippen molar-refractivity contribution in [3.63, 3.8) is 0 Å². The van der Waals surface area contributed by atoms with Gasteiger partial charge in [0.2, 0.25) is 0 Å². The van der Waals surface area contributed by atoms with Crippen LogP contribution in [0, 0.1) is 0 Å². The summed E-state index contributed by atoms with van der Waals surface area (Å²) in [5.41, 5.74) is 2.63. The predicted octanol–water partition coefficient (Wildman–Crippen LogP) is 4.75. The largest absolute Gasteiger partial charge is 0.497 e. The zero-order valence-electron chi connectivity index (χ0n) is 17.4. The quantitative estimate of drug-likeness (QED) is 0.476. The number of rotatable bonds is 3. The van der Waals surface area contributed by atoms with E-state index in [-0.39, 0.29) is 16.9 Å². The second-order valence-corrected chi connectivity index (χ2v) is 8.43. The molecule has 1 aliphatic rings. The summed E-state index contributed by atoms with van der Waals surface area (Å²) < 4.78 is 10.7. The van der Waals surface area contributed by atoms with Gasteiger partial charge in [-0.1, -0.05) is 6.92 Å². The van der Waals surface area contributed by atoms with E-state index in [4.69, 9.17) is 9.15 Å². The van der Waals surface area contributed by atoms with Crippen LogP contribution in [0.25, 0.3) is 11.0 Å². The van der Waals surface area contributed by atoms with Gasteiger partial charge in [0.05, 0.1) is 7.11 Å². The van der Waals surface area contributed by atoms with Gasteiger partial charge in [-0.2, -0.15) is 0 Å². The summed E-state index contributed by atoms with van der Waals surface area (Å²) >= 11 is 0. The fraction of sp³-hybridized carbons (Fsp3) is 0.333. The molecule has 0 saturated carbocycles. The zero-order valence-corrected chi connectivity index (χ0v) is 17.4. The van der Waals surface area contributed by atoms with E-state index in [0.29, 0.717) is 22.8 Å². The molecule has 0 fully saturated rings. The minimum Gasteiger partial charge on any atom is -0.497 e. The molecule has 1 atom stereocenters. The van der Waals surface area contributed by atoms with Gasteiger partial charge in [-0.3, -0.25) is 4.79 Å². The van der Waals surface area contributed by atoms with Gasteiger partial charge >= 0.3 is 5.63 Å². The van der Waals surface area contributed by atoms with Crippen LogP contribution < -0.4 is 15.3 Å². The van der Waals surface area contributed by atoms with Gasteiger partial charge in [-0.15, -0.1) is 0 Å². The molecule has 29 heavy (non-hydrogen) atoms. The molecule has 0 unspecified atom stereocenters. The lowest BCUT2D eigenvalue weighted by Gasteiger charge is -2.45. The molecule has 0 amide bonds. The van der Waals surface area contributed by atoms with Crippen LogP contribution in [0.3, 0.4) is 0 Å². The minimum atomic E-state index is -0.621.